The molecule has 0 spiro atoms. The van der Waals surface area contributed by atoms with Gasteiger partial charge in [0.05, 0.1) is 0 Å². The Balaban J connectivity index is 2.03. The molecule has 0 saturated carbocycles. The fraction of sp³-hybridized carbons (Fsp3) is 1.00. The molecule has 3 heteroatoms. The Morgan fingerprint density at radius 2 is 2.46 bits per heavy atom. The summed E-state index contributed by atoms with van der Waals surface area (Å²) in [5, 5.41) is 4.20. The van der Waals surface area contributed by atoms with Crippen LogP contribution in [-0.4, -0.2) is 30.6 Å². The minimum Gasteiger partial charge on any atom is -0.330 e. The molecule has 0 aromatic carbocycles. The summed E-state index contributed by atoms with van der Waals surface area (Å²) in [5.74, 6) is 2.22. The molecule has 0 radical (unpaired) electrons. The van der Waals surface area contributed by atoms with E-state index in [1.165, 1.54) is 31.7 Å². The molecule has 0 bridgehead atoms. The number of rotatable bonds is 5. The molecule has 1 aliphatic rings. The summed E-state index contributed by atoms with van der Waals surface area (Å²) in [5.41, 5.74) is 5.51. The van der Waals surface area contributed by atoms with Crippen LogP contribution in [0.3, 0.4) is 0 Å². The highest BCUT2D eigenvalue weighted by Gasteiger charge is 2.13. The van der Waals surface area contributed by atoms with Crippen LogP contribution in [-0.2, 0) is 0 Å². The second-order valence-electron chi connectivity index (χ2n) is 3.93. The van der Waals surface area contributed by atoms with Crippen LogP contribution >= 0.6 is 11.8 Å². The third-order valence-electron chi connectivity index (χ3n) is 2.59. The topological polar surface area (TPSA) is 38.0 Å². The molecule has 3 N–H and O–H groups in total. The number of nitrogens with one attached hydrogen (secondary N) is 1. The van der Waals surface area contributed by atoms with Gasteiger partial charge < -0.3 is 11.1 Å². The predicted octanol–water partition coefficient (Wildman–Crippen LogP) is 1.46. The van der Waals surface area contributed by atoms with Gasteiger partial charge in [-0.3, -0.25) is 0 Å². The van der Waals surface area contributed by atoms with E-state index in [1.807, 2.05) is 0 Å². The standard InChI is InChI=1S/C10H22N2S/c1-9(4-5-11)13-8-10-3-2-6-12-7-10/h9-10,12H,2-8,11H2,1H3. The van der Waals surface area contributed by atoms with Gasteiger partial charge in [-0.2, -0.15) is 11.8 Å². The van der Waals surface area contributed by atoms with E-state index in [9.17, 15) is 0 Å². The van der Waals surface area contributed by atoms with Crippen molar-refractivity contribution in [3.63, 3.8) is 0 Å². The molecule has 2 atom stereocenters. The Labute approximate surface area is 86.0 Å². The number of hydrogen-bond acceptors (Lipinski definition) is 3. The van der Waals surface area contributed by atoms with E-state index in [2.05, 4.69) is 24.0 Å². The highest BCUT2D eigenvalue weighted by atomic mass is 32.2. The highest BCUT2D eigenvalue weighted by molar-refractivity contribution is 7.99. The molecule has 1 rings (SSSR count). The molecular weight excluding hydrogens is 180 g/mol. The smallest absolute Gasteiger partial charge is 0.00308 e. The average molecular weight is 202 g/mol. The van der Waals surface area contributed by atoms with Gasteiger partial charge in [0.25, 0.3) is 0 Å². The molecule has 0 aliphatic carbocycles. The summed E-state index contributed by atoms with van der Waals surface area (Å²) >= 11 is 2.09. The van der Waals surface area contributed by atoms with Gasteiger partial charge in [0.1, 0.15) is 0 Å². The number of thioether (sulfide) groups is 1. The van der Waals surface area contributed by atoms with Crippen LogP contribution in [0.25, 0.3) is 0 Å². The summed E-state index contributed by atoms with van der Waals surface area (Å²) < 4.78 is 0. The fourth-order valence-electron chi connectivity index (χ4n) is 1.68. The maximum Gasteiger partial charge on any atom is 0.00308 e. The van der Waals surface area contributed by atoms with Crippen LogP contribution in [0.5, 0.6) is 0 Å². The average Bonchev–Trinajstić information content (AvgIpc) is 2.17. The Bertz CT molecular complexity index is 124. The minimum absolute atomic E-state index is 0.743. The first-order valence-corrected chi connectivity index (χ1v) is 6.40. The molecule has 0 amide bonds. The Kier molecular flexibility index (Phi) is 5.83. The highest BCUT2D eigenvalue weighted by Crippen LogP contribution is 2.21. The second kappa shape index (κ2) is 6.68. The number of nitrogens with two attached hydrogens (primary N) is 1. The predicted molar refractivity (Wildman–Crippen MR) is 61.2 cm³/mol. The Morgan fingerprint density at radius 1 is 1.62 bits per heavy atom. The molecule has 13 heavy (non-hydrogen) atoms. The first kappa shape index (κ1) is 11.3. The molecule has 1 heterocycles. The normalized spacial score (nSPS) is 25.8. The first-order valence-electron chi connectivity index (χ1n) is 5.35. The fourth-order valence-corrected chi connectivity index (χ4v) is 2.87. The van der Waals surface area contributed by atoms with Crippen molar-refractivity contribution >= 4 is 11.8 Å². The van der Waals surface area contributed by atoms with Crippen molar-refractivity contribution in [1.82, 2.24) is 5.32 Å². The van der Waals surface area contributed by atoms with Crippen molar-refractivity contribution in [2.45, 2.75) is 31.4 Å². The van der Waals surface area contributed by atoms with E-state index in [4.69, 9.17) is 5.73 Å². The molecule has 2 nitrogen and oxygen atoms in total. The van der Waals surface area contributed by atoms with Crippen molar-refractivity contribution in [2.24, 2.45) is 11.7 Å². The van der Waals surface area contributed by atoms with Gasteiger partial charge in [-0.25, -0.2) is 0 Å². The van der Waals surface area contributed by atoms with Gasteiger partial charge >= 0.3 is 0 Å². The zero-order valence-electron chi connectivity index (χ0n) is 8.59. The lowest BCUT2D eigenvalue weighted by Crippen LogP contribution is -2.31. The lowest BCUT2D eigenvalue weighted by molar-refractivity contribution is 0.410. The number of piperidine rings is 1. The summed E-state index contributed by atoms with van der Waals surface area (Å²) in [6, 6.07) is 0. The lowest BCUT2D eigenvalue weighted by atomic mass is 10.0. The van der Waals surface area contributed by atoms with Gasteiger partial charge in [0.15, 0.2) is 0 Å². The summed E-state index contributed by atoms with van der Waals surface area (Å²) in [7, 11) is 0. The first-order chi connectivity index (χ1) is 6.33. The maximum absolute atomic E-state index is 5.51. The molecule has 1 fully saturated rings. The molecule has 0 aromatic heterocycles. The van der Waals surface area contributed by atoms with E-state index >= 15 is 0 Å². The molecule has 1 saturated heterocycles. The third-order valence-corrected chi connectivity index (χ3v) is 4.06. The van der Waals surface area contributed by atoms with Gasteiger partial charge in [0, 0.05) is 5.25 Å². The molecule has 1 aliphatic heterocycles. The zero-order valence-corrected chi connectivity index (χ0v) is 9.41. The summed E-state index contributed by atoms with van der Waals surface area (Å²) in [6.45, 7) is 5.56. The Morgan fingerprint density at radius 3 is 3.08 bits per heavy atom. The van der Waals surface area contributed by atoms with Crippen molar-refractivity contribution < 1.29 is 0 Å². The quantitative estimate of drug-likeness (QED) is 0.709. The second-order valence-corrected chi connectivity index (χ2v) is 5.41. The monoisotopic (exact) mass is 202 g/mol. The van der Waals surface area contributed by atoms with Gasteiger partial charge in [-0.05, 0) is 50.6 Å². The molecule has 78 valence electrons. The molecular formula is C10H22N2S. The van der Waals surface area contributed by atoms with Gasteiger partial charge in [-0.15, -0.1) is 0 Å². The van der Waals surface area contributed by atoms with Crippen LogP contribution in [0.2, 0.25) is 0 Å². The maximum atomic E-state index is 5.51. The van der Waals surface area contributed by atoms with E-state index in [0.29, 0.717) is 0 Å². The van der Waals surface area contributed by atoms with Gasteiger partial charge in [0.2, 0.25) is 0 Å². The minimum atomic E-state index is 0.743. The third kappa shape index (κ3) is 4.89. The largest absolute Gasteiger partial charge is 0.330 e. The molecule has 0 aromatic rings. The SMILES string of the molecule is CC(CCN)SCC1CCCNC1. The van der Waals surface area contributed by atoms with Crippen LogP contribution in [0, 0.1) is 5.92 Å². The Hall–Kier alpha value is 0.270. The van der Waals surface area contributed by atoms with E-state index in [-0.39, 0.29) is 0 Å². The zero-order chi connectivity index (χ0) is 9.52. The summed E-state index contributed by atoms with van der Waals surface area (Å²) in [4.78, 5) is 0. The van der Waals surface area contributed by atoms with Crippen molar-refractivity contribution in [3.05, 3.63) is 0 Å². The van der Waals surface area contributed by atoms with E-state index < -0.39 is 0 Å². The van der Waals surface area contributed by atoms with Gasteiger partial charge in [-0.1, -0.05) is 6.92 Å². The summed E-state index contributed by atoms with van der Waals surface area (Å²) in [6.07, 6.45) is 3.93. The van der Waals surface area contributed by atoms with E-state index in [0.717, 1.165) is 24.1 Å². The van der Waals surface area contributed by atoms with Crippen LogP contribution in [0.4, 0.5) is 0 Å². The molecule has 2 unspecified atom stereocenters. The van der Waals surface area contributed by atoms with Crippen LogP contribution in [0.1, 0.15) is 26.2 Å². The van der Waals surface area contributed by atoms with E-state index in [1.54, 1.807) is 0 Å². The van der Waals surface area contributed by atoms with Crippen molar-refractivity contribution in [3.8, 4) is 0 Å². The lowest BCUT2D eigenvalue weighted by Gasteiger charge is -2.23. The van der Waals surface area contributed by atoms with Crippen molar-refractivity contribution in [1.29, 1.82) is 0 Å². The van der Waals surface area contributed by atoms with Crippen molar-refractivity contribution in [2.75, 3.05) is 25.4 Å². The van der Waals surface area contributed by atoms with Crippen LogP contribution < -0.4 is 11.1 Å². The number of hydrogen-bond donors (Lipinski definition) is 2. The van der Waals surface area contributed by atoms with Crippen LogP contribution in [0.15, 0.2) is 0 Å².